The molecule has 0 unspecified atom stereocenters. The third-order valence-corrected chi connectivity index (χ3v) is 4.67. The first kappa shape index (κ1) is 13.6. The summed E-state index contributed by atoms with van der Waals surface area (Å²) in [4.78, 5) is 14.6. The molecule has 2 aliphatic heterocycles. The number of hydrogen-bond acceptors (Lipinski definition) is 2. The Morgan fingerprint density at radius 1 is 1.10 bits per heavy atom. The summed E-state index contributed by atoms with van der Waals surface area (Å²) in [6.45, 7) is 10.5. The molecule has 0 radical (unpaired) electrons. The molecule has 20 heavy (non-hydrogen) atoms. The molecule has 2 heterocycles. The summed E-state index contributed by atoms with van der Waals surface area (Å²) in [5, 5.41) is 3.41. The number of fused-ring (bicyclic) bond motifs is 1. The molecule has 0 spiro atoms. The van der Waals surface area contributed by atoms with Gasteiger partial charge in [-0.3, -0.25) is 4.79 Å². The molecule has 3 nitrogen and oxygen atoms in total. The number of benzene rings is 1. The summed E-state index contributed by atoms with van der Waals surface area (Å²) in [6, 6.07) is 8.14. The number of hydrogen-bond donors (Lipinski definition) is 1. The van der Waals surface area contributed by atoms with Gasteiger partial charge in [-0.15, -0.1) is 0 Å². The van der Waals surface area contributed by atoms with Gasteiger partial charge in [0.25, 0.3) is 5.91 Å². The molecule has 1 N–H and O–H groups in total. The molecule has 0 aromatic heterocycles. The lowest BCUT2D eigenvalue weighted by atomic mass is 9.86. The predicted molar refractivity (Wildman–Crippen MR) is 80.9 cm³/mol. The van der Waals surface area contributed by atoms with Crippen LogP contribution in [0.2, 0.25) is 0 Å². The average molecular weight is 272 g/mol. The van der Waals surface area contributed by atoms with Gasteiger partial charge in [0, 0.05) is 31.7 Å². The Morgan fingerprint density at radius 2 is 1.65 bits per heavy atom. The van der Waals surface area contributed by atoms with Gasteiger partial charge in [0.1, 0.15) is 0 Å². The van der Waals surface area contributed by atoms with E-state index in [2.05, 4.69) is 38.2 Å². The summed E-state index contributed by atoms with van der Waals surface area (Å²) in [7, 11) is 0. The molecule has 2 aliphatic rings. The van der Waals surface area contributed by atoms with Crippen LogP contribution in [0.3, 0.4) is 0 Å². The number of carbonyl (C=O) groups excluding carboxylic acids is 1. The largest absolute Gasteiger partial charge is 0.338 e. The highest BCUT2D eigenvalue weighted by atomic mass is 16.2. The van der Waals surface area contributed by atoms with Gasteiger partial charge < -0.3 is 10.2 Å². The highest BCUT2D eigenvalue weighted by molar-refractivity contribution is 5.94. The molecule has 108 valence electrons. The van der Waals surface area contributed by atoms with E-state index in [4.69, 9.17) is 0 Å². The second-order valence-corrected chi connectivity index (χ2v) is 7.22. The number of nitrogens with zero attached hydrogens (tertiary/aromatic N) is 1. The zero-order valence-electron chi connectivity index (χ0n) is 12.6. The van der Waals surface area contributed by atoms with E-state index in [1.807, 2.05) is 17.0 Å². The normalized spacial score (nSPS) is 25.9. The second kappa shape index (κ2) is 4.88. The molecule has 1 aromatic rings. The Kier molecular flexibility index (Phi) is 3.33. The van der Waals surface area contributed by atoms with Crippen LogP contribution in [0.5, 0.6) is 0 Å². The standard InChI is InChI=1S/C17H24N2O/c1-17(2,3)15-6-4-12(5-7-15)16(20)19-10-13-8-18-9-14(13)11-19/h4-7,13-14,18H,8-11H2,1-3H3/t13-,14+. The predicted octanol–water partition coefficient (Wildman–Crippen LogP) is 2.28. The Labute approximate surface area is 121 Å². The molecule has 0 aliphatic carbocycles. The number of nitrogens with one attached hydrogen (secondary N) is 1. The smallest absolute Gasteiger partial charge is 0.253 e. The molecule has 3 heteroatoms. The molecular formula is C17H24N2O. The van der Waals surface area contributed by atoms with Crippen molar-refractivity contribution in [3.05, 3.63) is 35.4 Å². The minimum atomic E-state index is 0.137. The Bertz CT molecular complexity index is 489. The van der Waals surface area contributed by atoms with Crippen molar-refractivity contribution < 1.29 is 4.79 Å². The van der Waals surface area contributed by atoms with E-state index >= 15 is 0 Å². The van der Waals surface area contributed by atoms with Gasteiger partial charge in [-0.1, -0.05) is 32.9 Å². The minimum Gasteiger partial charge on any atom is -0.338 e. The van der Waals surface area contributed by atoms with Gasteiger partial charge in [-0.25, -0.2) is 0 Å². The van der Waals surface area contributed by atoms with Crippen LogP contribution < -0.4 is 5.32 Å². The van der Waals surface area contributed by atoms with Gasteiger partial charge in [-0.2, -0.15) is 0 Å². The van der Waals surface area contributed by atoms with Crippen LogP contribution in [0.15, 0.2) is 24.3 Å². The summed E-state index contributed by atoms with van der Waals surface area (Å²) >= 11 is 0. The van der Waals surface area contributed by atoms with E-state index in [0.717, 1.165) is 31.7 Å². The summed E-state index contributed by atoms with van der Waals surface area (Å²) in [6.07, 6.45) is 0. The zero-order valence-corrected chi connectivity index (χ0v) is 12.6. The van der Waals surface area contributed by atoms with Crippen molar-refractivity contribution in [1.29, 1.82) is 0 Å². The first-order chi connectivity index (χ1) is 9.45. The molecular weight excluding hydrogens is 248 g/mol. The third kappa shape index (κ3) is 2.47. The summed E-state index contributed by atoms with van der Waals surface area (Å²) < 4.78 is 0. The van der Waals surface area contributed by atoms with Gasteiger partial charge in [0.15, 0.2) is 0 Å². The SMILES string of the molecule is CC(C)(C)c1ccc(C(=O)N2C[C@H]3CNC[C@H]3C2)cc1. The van der Waals surface area contributed by atoms with E-state index < -0.39 is 0 Å². The molecule has 3 rings (SSSR count). The Morgan fingerprint density at radius 3 is 2.15 bits per heavy atom. The van der Waals surface area contributed by atoms with Crippen molar-refractivity contribution in [2.45, 2.75) is 26.2 Å². The van der Waals surface area contributed by atoms with Crippen molar-refractivity contribution in [3.8, 4) is 0 Å². The van der Waals surface area contributed by atoms with Crippen LogP contribution in [0, 0.1) is 11.8 Å². The maximum absolute atomic E-state index is 12.5. The second-order valence-electron chi connectivity index (χ2n) is 7.22. The van der Waals surface area contributed by atoms with Crippen LogP contribution in [-0.2, 0) is 5.41 Å². The lowest BCUT2D eigenvalue weighted by molar-refractivity contribution is 0.0781. The number of carbonyl (C=O) groups is 1. The van der Waals surface area contributed by atoms with Crippen molar-refractivity contribution >= 4 is 5.91 Å². The molecule has 0 bridgehead atoms. The van der Waals surface area contributed by atoms with E-state index in [-0.39, 0.29) is 11.3 Å². The van der Waals surface area contributed by atoms with Gasteiger partial charge in [0.2, 0.25) is 0 Å². The van der Waals surface area contributed by atoms with Crippen LogP contribution in [-0.4, -0.2) is 37.0 Å². The fourth-order valence-corrected chi connectivity index (χ4v) is 3.32. The first-order valence-electron chi connectivity index (χ1n) is 7.55. The van der Waals surface area contributed by atoms with Crippen molar-refractivity contribution in [2.24, 2.45) is 11.8 Å². The van der Waals surface area contributed by atoms with E-state index in [1.54, 1.807) is 0 Å². The highest BCUT2D eigenvalue weighted by Crippen LogP contribution is 2.28. The fraction of sp³-hybridized carbons (Fsp3) is 0.588. The Hall–Kier alpha value is -1.35. The van der Waals surface area contributed by atoms with Crippen LogP contribution in [0.25, 0.3) is 0 Å². The number of amides is 1. The average Bonchev–Trinajstić information content (AvgIpc) is 2.97. The molecule has 2 fully saturated rings. The molecule has 2 atom stereocenters. The first-order valence-corrected chi connectivity index (χ1v) is 7.55. The van der Waals surface area contributed by atoms with Crippen LogP contribution in [0.4, 0.5) is 0 Å². The summed E-state index contributed by atoms with van der Waals surface area (Å²) in [5.41, 5.74) is 2.24. The van der Waals surface area contributed by atoms with Gasteiger partial charge >= 0.3 is 0 Å². The summed E-state index contributed by atoms with van der Waals surface area (Å²) in [5.74, 6) is 1.51. The molecule has 2 saturated heterocycles. The van der Waals surface area contributed by atoms with E-state index in [9.17, 15) is 4.79 Å². The number of rotatable bonds is 1. The minimum absolute atomic E-state index is 0.137. The Balaban J connectivity index is 1.72. The van der Waals surface area contributed by atoms with Crippen LogP contribution >= 0.6 is 0 Å². The molecule has 1 amide bonds. The van der Waals surface area contributed by atoms with E-state index in [0.29, 0.717) is 11.8 Å². The van der Waals surface area contributed by atoms with E-state index in [1.165, 1.54) is 5.56 Å². The topological polar surface area (TPSA) is 32.3 Å². The maximum Gasteiger partial charge on any atom is 0.253 e. The highest BCUT2D eigenvalue weighted by Gasteiger charge is 2.38. The molecule has 0 saturated carbocycles. The van der Waals surface area contributed by atoms with Crippen molar-refractivity contribution in [3.63, 3.8) is 0 Å². The third-order valence-electron chi connectivity index (χ3n) is 4.67. The van der Waals surface area contributed by atoms with Crippen molar-refractivity contribution in [2.75, 3.05) is 26.2 Å². The maximum atomic E-state index is 12.5. The lowest BCUT2D eigenvalue weighted by Crippen LogP contribution is -2.31. The van der Waals surface area contributed by atoms with Gasteiger partial charge in [-0.05, 0) is 34.9 Å². The van der Waals surface area contributed by atoms with Crippen LogP contribution in [0.1, 0.15) is 36.7 Å². The monoisotopic (exact) mass is 272 g/mol. The van der Waals surface area contributed by atoms with Gasteiger partial charge in [0.05, 0.1) is 0 Å². The fourth-order valence-electron chi connectivity index (χ4n) is 3.32. The lowest BCUT2D eigenvalue weighted by Gasteiger charge is -2.21. The number of likely N-dealkylation sites (tertiary alicyclic amines) is 1. The zero-order chi connectivity index (χ0) is 14.3. The van der Waals surface area contributed by atoms with Crippen molar-refractivity contribution in [1.82, 2.24) is 10.2 Å². The molecule has 1 aromatic carbocycles. The quantitative estimate of drug-likeness (QED) is 0.850.